The van der Waals surface area contributed by atoms with Gasteiger partial charge in [0.05, 0.1) is 5.56 Å². The SMILES string of the molecule is C=CC(=O)CCC(=C)c1ccc(C(=O)O)cc1. The number of carbonyl (C=O) groups excluding carboxylic acids is 1. The fraction of sp³-hybridized carbons (Fsp3) is 0.143. The Morgan fingerprint density at radius 2 is 1.65 bits per heavy atom. The molecule has 1 aromatic rings. The van der Waals surface area contributed by atoms with Gasteiger partial charge in [0, 0.05) is 6.42 Å². The fourth-order valence-corrected chi connectivity index (χ4v) is 1.37. The molecule has 0 fully saturated rings. The topological polar surface area (TPSA) is 54.4 Å². The van der Waals surface area contributed by atoms with Crippen LogP contribution in [0.15, 0.2) is 43.5 Å². The van der Waals surface area contributed by atoms with Crippen LogP contribution < -0.4 is 0 Å². The van der Waals surface area contributed by atoms with E-state index in [1.807, 2.05) is 0 Å². The highest BCUT2D eigenvalue weighted by Crippen LogP contribution is 2.18. The van der Waals surface area contributed by atoms with E-state index in [0.29, 0.717) is 12.8 Å². The lowest BCUT2D eigenvalue weighted by atomic mass is 10.0. The average molecular weight is 230 g/mol. The summed E-state index contributed by atoms with van der Waals surface area (Å²) in [6.07, 6.45) is 2.22. The lowest BCUT2D eigenvalue weighted by molar-refractivity contribution is -0.114. The maximum atomic E-state index is 11.1. The molecule has 0 saturated heterocycles. The van der Waals surface area contributed by atoms with E-state index in [-0.39, 0.29) is 11.3 Å². The largest absolute Gasteiger partial charge is 0.478 e. The van der Waals surface area contributed by atoms with Crippen LogP contribution in [-0.2, 0) is 4.79 Å². The normalized spacial score (nSPS) is 9.65. The Bertz CT molecular complexity index is 455. The number of allylic oxidation sites excluding steroid dienone is 2. The summed E-state index contributed by atoms with van der Waals surface area (Å²) in [6, 6.07) is 6.45. The third-order valence-corrected chi connectivity index (χ3v) is 2.44. The van der Waals surface area contributed by atoms with Gasteiger partial charge in [-0.1, -0.05) is 25.3 Å². The highest BCUT2D eigenvalue weighted by atomic mass is 16.4. The Balaban J connectivity index is 2.67. The van der Waals surface area contributed by atoms with E-state index >= 15 is 0 Å². The van der Waals surface area contributed by atoms with E-state index in [2.05, 4.69) is 13.2 Å². The summed E-state index contributed by atoms with van der Waals surface area (Å²) in [6.45, 7) is 7.27. The van der Waals surface area contributed by atoms with Gasteiger partial charge in [0.2, 0.25) is 0 Å². The standard InChI is InChI=1S/C14H14O3/c1-3-13(15)9-4-10(2)11-5-7-12(8-6-11)14(16)17/h3,5-8H,1-2,4,9H2,(H,16,17). The third kappa shape index (κ3) is 3.72. The summed E-state index contributed by atoms with van der Waals surface area (Å²) in [4.78, 5) is 21.7. The van der Waals surface area contributed by atoms with Gasteiger partial charge in [-0.3, -0.25) is 4.79 Å². The second kappa shape index (κ2) is 5.80. The van der Waals surface area contributed by atoms with Crippen molar-refractivity contribution in [2.75, 3.05) is 0 Å². The first kappa shape index (κ1) is 12.9. The molecule has 0 heterocycles. The zero-order chi connectivity index (χ0) is 12.8. The monoisotopic (exact) mass is 230 g/mol. The quantitative estimate of drug-likeness (QED) is 0.764. The molecule has 0 aromatic heterocycles. The van der Waals surface area contributed by atoms with Gasteiger partial charge < -0.3 is 5.11 Å². The van der Waals surface area contributed by atoms with E-state index in [1.165, 1.54) is 18.2 Å². The highest BCUT2D eigenvalue weighted by Gasteiger charge is 2.05. The number of carboxylic acid groups (broad SMARTS) is 1. The van der Waals surface area contributed by atoms with Crippen LogP contribution in [0.3, 0.4) is 0 Å². The first-order chi connectivity index (χ1) is 8.04. The molecule has 0 aliphatic rings. The smallest absolute Gasteiger partial charge is 0.335 e. The molecule has 0 aliphatic heterocycles. The average Bonchev–Trinajstić information content (AvgIpc) is 2.35. The highest BCUT2D eigenvalue weighted by molar-refractivity contribution is 5.90. The molecule has 17 heavy (non-hydrogen) atoms. The summed E-state index contributed by atoms with van der Waals surface area (Å²) >= 11 is 0. The summed E-state index contributed by atoms with van der Waals surface area (Å²) < 4.78 is 0. The van der Waals surface area contributed by atoms with Crippen LogP contribution in [0.1, 0.15) is 28.8 Å². The Kier molecular flexibility index (Phi) is 4.40. The number of carboxylic acids is 1. The van der Waals surface area contributed by atoms with Crippen molar-refractivity contribution in [1.82, 2.24) is 0 Å². The van der Waals surface area contributed by atoms with E-state index in [9.17, 15) is 9.59 Å². The van der Waals surface area contributed by atoms with Gasteiger partial charge in [0.1, 0.15) is 0 Å². The summed E-state index contributed by atoms with van der Waals surface area (Å²) in [5.41, 5.74) is 1.91. The Labute approximate surface area is 100 Å². The minimum absolute atomic E-state index is 0.0201. The molecule has 3 nitrogen and oxygen atoms in total. The number of ketones is 1. The molecule has 0 amide bonds. The van der Waals surface area contributed by atoms with Crippen molar-refractivity contribution in [2.24, 2.45) is 0 Å². The van der Waals surface area contributed by atoms with Gasteiger partial charge in [0.25, 0.3) is 0 Å². The number of hydrogen-bond donors (Lipinski definition) is 1. The second-order valence-electron chi connectivity index (χ2n) is 3.66. The van der Waals surface area contributed by atoms with Gasteiger partial charge in [-0.2, -0.15) is 0 Å². The molecule has 1 rings (SSSR count). The molecule has 0 unspecified atom stereocenters. The molecule has 0 spiro atoms. The third-order valence-electron chi connectivity index (χ3n) is 2.44. The summed E-state index contributed by atoms with van der Waals surface area (Å²) in [5.74, 6) is -0.975. The van der Waals surface area contributed by atoms with Crippen molar-refractivity contribution in [3.05, 3.63) is 54.6 Å². The zero-order valence-corrected chi connectivity index (χ0v) is 9.48. The molecule has 0 bridgehead atoms. The van der Waals surface area contributed by atoms with E-state index in [0.717, 1.165) is 11.1 Å². The number of rotatable bonds is 6. The van der Waals surface area contributed by atoms with Gasteiger partial charge >= 0.3 is 5.97 Å². The van der Waals surface area contributed by atoms with Crippen molar-refractivity contribution >= 4 is 17.3 Å². The van der Waals surface area contributed by atoms with Crippen molar-refractivity contribution in [2.45, 2.75) is 12.8 Å². The Morgan fingerprint density at radius 1 is 1.12 bits per heavy atom. The van der Waals surface area contributed by atoms with Crippen LogP contribution in [0.2, 0.25) is 0 Å². The first-order valence-corrected chi connectivity index (χ1v) is 5.21. The second-order valence-corrected chi connectivity index (χ2v) is 3.66. The summed E-state index contributed by atoms with van der Waals surface area (Å²) in [5, 5.41) is 8.74. The van der Waals surface area contributed by atoms with Gasteiger partial charge in [-0.15, -0.1) is 0 Å². The number of carbonyl (C=O) groups is 2. The van der Waals surface area contributed by atoms with Gasteiger partial charge in [-0.25, -0.2) is 4.79 Å². The Hall–Kier alpha value is -2.16. The minimum atomic E-state index is -0.955. The molecule has 0 aliphatic carbocycles. The molecule has 0 atom stereocenters. The number of hydrogen-bond acceptors (Lipinski definition) is 2. The van der Waals surface area contributed by atoms with Crippen molar-refractivity contribution in [3.8, 4) is 0 Å². The van der Waals surface area contributed by atoms with Gasteiger partial charge in [-0.05, 0) is 35.8 Å². The lowest BCUT2D eigenvalue weighted by Gasteiger charge is -2.05. The van der Waals surface area contributed by atoms with Crippen LogP contribution >= 0.6 is 0 Å². The molecule has 0 saturated carbocycles. The van der Waals surface area contributed by atoms with Crippen molar-refractivity contribution < 1.29 is 14.7 Å². The number of benzene rings is 1. The predicted octanol–water partition coefficient (Wildman–Crippen LogP) is 2.93. The summed E-state index contributed by atoms with van der Waals surface area (Å²) in [7, 11) is 0. The first-order valence-electron chi connectivity index (χ1n) is 5.21. The van der Waals surface area contributed by atoms with E-state index in [1.54, 1.807) is 12.1 Å². The van der Waals surface area contributed by atoms with Crippen LogP contribution in [0.25, 0.3) is 5.57 Å². The van der Waals surface area contributed by atoms with Crippen LogP contribution in [0.4, 0.5) is 0 Å². The number of aromatic carboxylic acids is 1. The van der Waals surface area contributed by atoms with Crippen molar-refractivity contribution in [1.29, 1.82) is 0 Å². The van der Waals surface area contributed by atoms with E-state index in [4.69, 9.17) is 5.11 Å². The van der Waals surface area contributed by atoms with E-state index < -0.39 is 5.97 Å². The Morgan fingerprint density at radius 3 is 2.12 bits per heavy atom. The molecule has 0 radical (unpaired) electrons. The van der Waals surface area contributed by atoms with Crippen LogP contribution in [0, 0.1) is 0 Å². The zero-order valence-electron chi connectivity index (χ0n) is 9.48. The van der Waals surface area contributed by atoms with Gasteiger partial charge in [0.15, 0.2) is 5.78 Å². The van der Waals surface area contributed by atoms with Crippen LogP contribution in [-0.4, -0.2) is 16.9 Å². The van der Waals surface area contributed by atoms with Crippen molar-refractivity contribution in [3.63, 3.8) is 0 Å². The lowest BCUT2D eigenvalue weighted by Crippen LogP contribution is -1.96. The molecule has 88 valence electrons. The predicted molar refractivity (Wildman–Crippen MR) is 66.9 cm³/mol. The molecule has 1 aromatic carbocycles. The molecule has 3 heteroatoms. The molecular weight excluding hydrogens is 216 g/mol. The van der Waals surface area contributed by atoms with Crippen LogP contribution in [0.5, 0.6) is 0 Å². The maximum absolute atomic E-state index is 11.1. The molecule has 1 N–H and O–H groups in total. The maximum Gasteiger partial charge on any atom is 0.335 e. The fourth-order valence-electron chi connectivity index (χ4n) is 1.37. The minimum Gasteiger partial charge on any atom is -0.478 e. The molecular formula is C14H14O3.